The van der Waals surface area contributed by atoms with Crippen LogP contribution in [0.1, 0.15) is 33.1 Å². The molecule has 0 bridgehead atoms. The van der Waals surface area contributed by atoms with Crippen LogP contribution in [0.2, 0.25) is 0 Å². The molecule has 0 saturated carbocycles. The van der Waals surface area contributed by atoms with Crippen LogP contribution in [-0.2, 0) is 9.53 Å². The summed E-state index contributed by atoms with van der Waals surface area (Å²) < 4.78 is 5.53. The molecule has 6 heteroatoms. The van der Waals surface area contributed by atoms with Gasteiger partial charge < -0.3 is 20.6 Å². The van der Waals surface area contributed by atoms with Gasteiger partial charge in [-0.1, -0.05) is 25.4 Å². The molecule has 2 atom stereocenters. The van der Waals surface area contributed by atoms with E-state index in [1.165, 1.54) is 0 Å². The Hall–Kier alpha value is -1.30. The molecule has 0 aromatic carbocycles. The summed E-state index contributed by atoms with van der Waals surface area (Å²) in [4.78, 5) is 14.1. The van der Waals surface area contributed by atoms with Crippen LogP contribution < -0.4 is 5.73 Å². The van der Waals surface area contributed by atoms with E-state index in [2.05, 4.69) is 5.16 Å². The fraction of sp³-hybridized carbons (Fsp3) is 0.833. The summed E-state index contributed by atoms with van der Waals surface area (Å²) in [6.07, 6.45) is 2.39. The number of amides is 1. The van der Waals surface area contributed by atoms with E-state index in [0.29, 0.717) is 26.1 Å². The van der Waals surface area contributed by atoms with Gasteiger partial charge in [0.2, 0.25) is 5.91 Å². The normalized spacial score (nSPS) is 22.9. The predicted molar refractivity (Wildman–Crippen MR) is 68.4 cm³/mol. The average Bonchev–Trinajstić information content (AvgIpc) is 2.43. The molecule has 0 aromatic heterocycles. The van der Waals surface area contributed by atoms with Crippen molar-refractivity contribution in [2.45, 2.75) is 39.2 Å². The highest BCUT2D eigenvalue weighted by Gasteiger charge is 2.30. The Labute approximate surface area is 108 Å². The molecule has 2 unspecified atom stereocenters. The molecular formula is C12H23N3O3. The number of nitrogens with two attached hydrogens (primary N) is 1. The standard InChI is InChI=1S/C12H23N3O3/c1-3-5-10(11(13)14-17)12(16)15-6-7-18-9(4-2)8-15/h9-10,17H,3-8H2,1-2H3,(H2,13,14). The van der Waals surface area contributed by atoms with Crippen molar-refractivity contribution in [2.75, 3.05) is 19.7 Å². The summed E-state index contributed by atoms with van der Waals surface area (Å²) in [5.74, 6) is -0.578. The van der Waals surface area contributed by atoms with Crippen molar-refractivity contribution in [3.05, 3.63) is 0 Å². The largest absolute Gasteiger partial charge is 0.409 e. The zero-order chi connectivity index (χ0) is 13.5. The van der Waals surface area contributed by atoms with E-state index in [1.807, 2.05) is 13.8 Å². The van der Waals surface area contributed by atoms with E-state index in [1.54, 1.807) is 4.90 Å². The molecule has 1 heterocycles. The first-order chi connectivity index (χ1) is 8.63. The molecule has 1 fully saturated rings. The lowest BCUT2D eigenvalue weighted by Crippen LogP contribution is -2.49. The van der Waals surface area contributed by atoms with Crippen molar-refractivity contribution in [1.82, 2.24) is 4.90 Å². The number of ether oxygens (including phenoxy) is 1. The van der Waals surface area contributed by atoms with Gasteiger partial charge in [-0.2, -0.15) is 0 Å². The molecule has 1 aliphatic rings. The van der Waals surface area contributed by atoms with Crippen molar-refractivity contribution >= 4 is 11.7 Å². The Morgan fingerprint density at radius 2 is 2.33 bits per heavy atom. The van der Waals surface area contributed by atoms with Crippen LogP contribution >= 0.6 is 0 Å². The molecule has 1 rings (SSSR count). The van der Waals surface area contributed by atoms with Gasteiger partial charge in [0.25, 0.3) is 0 Å². The van der Waals surface area contributed by atoms with E-state index in [0.717, 1.165) is 12.8 Å². The summed E-state index contributed by atoms with van der Waals surface area (Å²) in [5.41, 5.74) is 5.60. The van der Waals surface area contributed by atoms with Crippen LogP contribution in [0.25, 0.3) is 0 Å². The molecule has 0 aromatic rings. The monoisotopic (exact) mass is 257 g/mol. The summed E-state index contributed by atoms with van der Waals surface area (Å²) in [6.45, 7) is 5.73. The van der Waals surface area contributed by atoms with Crippen LogP contribution in [-0.4, -0.2) is 47.7 Å². The summed E-state index contributed by atoms with van der Waals surface area (Å²) in [6, 6.07) is 0. The maximum absolute atomic E-state index is 12.3. The molecule has 0 aliphatic carbocycles. The lowest BCUT2D eigenvalue weighted by molar-refractivity contribution is -0.141. The highest BCUT2D eigenvalue weighted by atomic mass is 16.5. The molecule has 1 aliphatic heterocycles. The van der Waals surface area contributed by atoms with Crippen molar-refractivity contribution in [2.24, 2.45) is 16.8 Å². The van der Waals surface area contributed by atoms with Crippen LogP contribution in [0.4, 0.5) is 0 Å². The maximum atomic E-state index is 12.3. The SMILES string of the molecule is CCCC(C(=O)N1CCOC(CC)C1)C(N)=NO. The molecule has 3 N–H and O–H groups in total. The molecule has 0 radical (unpaired) electrons. The Morgan fingerprint density at radius 3 is 2.89 bits per heavy atom. The van der Waals surface area contributed by atoms with Crippen LogP contribution in [0, 0.1) is 5.92 Å². The molecule has 18 heavy (non-hydrogen) atoms. The third kappa shape index (κ3) is 3.60. The minimum Gasteiger partial charge on any atom is -0.409 e. The Kier molecular flexibility index (Phi) is 5.91. The minimum atomic E-state index is -0.518. The van der Waals surface area contributed by atoms with E-state index >= 15 is 0 Å². The molecule has 0 spiro atoms. The first-order valence-electron chi connectivity index (χ1n) is 6.51. The highest BCUT2D eigenvalue weighted by Crippen LogP contribution is 2.15. The number of oxime groups is 1. The second kappa shape index (κ2) is 7.20. The lowest BCUT2D eigenvalue weighted by Gasteiger charge is -2.34. The van der Waals surface area contributed by atoms with Crippen LogP contribution in [0.15, 0.2) is 5.16 Å². The number of carbonyl (C=O) groups is 1. The predicted octanol–water partition coefficient (Wildman–Crippen LogP) is 0.787. The molecule has 6 nitrogen and oxygen atoms in total. The quantitative estimate of drug-likeness (QED) is 0.330. The van der Waals surface area contributed by atoms with Crippen LogP contribution in [0.5, 0.6) is 0 Å². The first kappa shape index (κ1) is 14.8. The third-order valence-corrected chi connectivity index (χ3v) is 3.25. The van der Waals surface area contributed by atoms with Crippen molar-refractivity contribution in [3.8, 4) is 0 Å². The van der Waals surface area contributed by atoms with Gasteiger partial charge in [-0.05, 0) is 12.8 Å². The zero-order valence-corrected chi connectivity index (χ0v) is 11.1. The second-order valence-electron chi connectivity index (χ2n) is 4.55. The first-order valence-corrected chi connectivity index (χ1v) is 6.51. The number of carbonyl (C=O) groups excluding carboxylic acids is 1. The van der Waals surface area contributed by atoms with Gasteiger partial charge in [-0.25, -0.2) is 0 Å². The van der Waals surface area contributed by atoms with Gasteiger partial charge in [0, 0.05) is 13.1 Å². The van der Waals surface area contributed by atoms with Gasteiger partial charge in [0.05, 0.1) is 18.6 Å². The lowest BCUT2D eigenvalue weighted by atomic mass is 10.00. The van der Waals surface area contributed by atoms with E-state index < -0.39 is 5.92 Å². The number of hydrogen-bond acceptors (Lipinski definition) is 4. The maximum Gasteiger partial charge on any atom is 0.233 e. The van der Waals surface area contributed by atoms with Gasteiger partial charge in [0.15, 0.2) is 5.84 Å². The van der Waals surface area contributed by atoms with E-state index in [9.17, 15) is 4.79 Å². The number of rotatable bonds is 5. The Morgan fingerprint density at radius 1 is 1.61 bits per heavy atom. The topological polar surface area (TPSA) is 88.2 Å². The fourth-order valence-corrected chi connectivity index (χ4v) is 2.14. The van der Waals surface area contributed by atoms with E-state index in [-0.39, 0.29) is 17.8 Å². The van der Waals surface area contributed by atoms with Gasteiger partial charge in [-0.15, -0.1) is 0 Å². The average molecular weight is 257 g/mol. The molecule has 1 amide bonds. The molecule has 1 saturated heterocycles. The Bertz CT molecular complexity index is 307. The summed E-state index contributed by atoms with van der Waals surface area (Å²) >= 11 is 0. The van der Waals surface area contributed by atoms with E-state index in [4.69, 9.17) is 15.7 Å². The molecular weight excluding hydrogens is 234 g/mol. The van der Waals surface area contributed by atoms with Crippen LogP contribution in [0.3, 0.4) is 0 Å². The number of morpholine rings is 1. The summed E-state index contributed by atoms with van der Waals surface area (Å²) in [5, 5.41) is 11.7. The fourth-order valence-electron chi connectivity index (χ4n) is 2.14. The smallest absolute Gasteiger partial charge is 0.233 e. The minimum absolute atomic E-state index is 0.00129. The van der Waals surface area contributed by atoms with Crippen molar-refractivity contribution < 1.29 is 14.7 Å². The zero-order valence-electron chi connectivity index (χ0n) is 11.1. The highest BCUT2D eigenvalue weighted by molar-refractivity contribution is 6.02. The molecule has 104 valence electrons. The summed E-state index contributed by atoms with van der Waals surface area (Å²) in [7, 11) is 0. The van der Waals surface area contributed by atoms with Crippen molar-refractivity contribution in [1.29, 1.82) is 0 Å². The third-order valence-electron chi connectivity index (χ3n) is 3.25. The number of nitrogens with zero attached hydrogens (tertiary/aromatic N) is 2. The number of hydrogen-bond donors (Lipinski definition) is 2. The van der Waals surface area contributed by atoms with Gasteiger partial charge >= 0.3 is 0 Å². The second-order valence-corrected chi connectivity index (χ2v) is 4.55. The Balaban J connectivity index is 2.70. The van der Waals surface area contributed by atoms with Crippen molar-refractivity contribution in [3.63, 3.8) is 0 Å². The number of amidine groups is 1. The van der Waals surface area contributed by atoms with Gasteiger partial charge in [-0.3, -0.25) is 4.79 Å². The van der Waals surface area contributed by atoms with Gasteiger partial charge in [0.1, 0.15) is 0 Å².